The predicted octanol–water partition coefficient (Wildman–Crippen LogP) is 3.08. The Morgan fingerprint density at radius 1 is 1.13 bits per heavy atom. The van der Waals surface area contributed by atoms with Gasteiger partial charge in [0.25, 0.3) is 0 Å². The molecule has 1 fully saturated rings. The standard InChI is InChI=1S/C17H23ClN4S/c1-20-16(14-9-5-6-10-15(14)18)19-22(17(20)23)13-21-11-7-3-2-4-8-12-21/h5-6,9-10H,2-4,7-8,11-13H2,1H3/p+1. The number of quaternary nitrogens is 1. The third-order valence-corrected chi connectivity index (χ3v) is 5.40. The third kappa shape index (κ3) is 3.84. The molecule has 2 heterocycles. The number of nitrogens with zero attached hydrogens (tertiary/aromatic N) is 3. The van der Waals surface area contributed by atoms with Gasteiger partial charge in [-0.2, -0.15) is 4.68 Å². The third-order valence-electron chi connectivity index (χ3n) is 4.59. The molecule has 1 aromatic carbocycles. The molecular formula is C17H24ClN4S+. The molecule has 4 nitrogen and oxygen atoms in total. The summed E-state index contributed by atoms with van der Waals surface area (Å²) < 4.78 is 4.68. The van der Waals surface area contributed by atoms with Crippen molar-refractivity contribution >= 4 is 23.8 Å². The second-order valence-electron chi connectivity index (χ2n) is 6.32. The van der Waals surface area contributed by atoms with Crippen LogP contribution in [0.2, 0.25) is 5.02 Å². The van der Waals surface area contributed by atoms with E-state index in [-0.39, 0.29) is 0 Å². The van der Waals surface area contributed by atoms with Crippen LogP contribution in [-0.4, -0.2) is 27.4 Å². The van der Waals surface area contributed by atoms with E-state index in [1.807, 2.05) is 40.6 Å². The van der Waals surface area contributed by atoms with Gasteiger partial charge in [0, 0.05) is 12.6 Å². The molecule has 1 aliphatic heterocycles. The molecule has 1 N–H and O–H groups in total. The quantitative estimate of drug-likeness (QED) is 0.860. The number of nitrogens with one attached hydrogen (secondary N) is 1. The summed E-state index contributed by atoms with van der Waals surface area (Å²) in [6, 6.07) is 7.80. The molecule has 3 rings (SSSR count). The minimum absolute atomic E-state index is 0.710. The predicted molar refractivity (Wildman–Crippen MR) is 96.3 cm³/mol. The lowest BCUT2D eigenvalue weighted by atomic mass is 10.1. The first kappa shape index (κ1) is 16.7. The van der Waals surface area contributed by atoms with Crippen LogP contribution in [0.1, 0.15) is 32.1 Å². The van der Waals surface area contributed by atoms with Crippen LogP contribution in [0.25, 0.3) is 11.4 Å². The van der Waals surface area contributed by atoms with Crippen LogP contribution < -0.4 is 4.90 Å². The number of hydrogen-bond acceptors (Lipinski definition) is 2. The van der Waals surface area contributed by atoms with Crippen LogP contribution in [-0.2, 0) is 13.7 Å². The monoisotopic (exact) mass is 351 g/mol. The molecule has 0 unspecified atom stereocenters. The number of rotatable bonds is 3. The van der Waals surface area contributed by atoms with Gasteiger partial charge in [0.2, 0.25) is 4.77 Å². The lowest BCUT2D eigenvalue weighted by Crippen LogP contribution is -3.11. The van der Waals surface area contributed by atoms with E-state index in [4.69, 9.17) is 28.9 Å². The normalized spacial score (nSPS) is 17.0. The Morgan fingerprint density at radius 2 is 1.78 bits per heavy atom. The number of halogens is 1. The van der Waals surface area contributed by atoms with Crippen molar-refractivity contribution in [1.29, 1.82) is 0 Å². The lowest BCUT2D eigenvalue weighted by molar-refractivity contribution is -0.924. The van der Waals surface area contributed by atoms with Crippen molar-refractivity contribution < 1.29 is 4.90 Å². The highest BCUT2D eigenvalue weighted by molar-refractivity contribution is 7.71. The molecule has 124 valence electrons. The highest BCUT2D eigenvalue weighted by Crippen LogP contribution is 2.25. The molecule has 0 bridgehead atoms. The first-order valence-electron chi connectivity index (χ1n) is 8.39. The van der Waals surface area contributed by atoms with E-state index in [2.05, 4.69) is 0 Å². The molecule has 0 atom stereocenters. The smallest absolute Gasteiger partial charge is 0.202 e. The van der Waals surface area contributed by atoms with E-state index < -0.39 is 0 Å². The number of benzene rings is 1. The van der Waals surface area contributed by atoms with Crippen molar-refractivity contribution in [1.82, 2.24) is 14.3 Å². The summed E-state index contributed by atoms with van der Waals surface area (Å²) in [5.41, 5.74) is 0.934. The summed E-state index contributed by atoms with van der Waals surface area (Å²) in [5, 5.41) is 5.47. The average molecular weight is 352 g/mol. The zero-order valence-corrected chi connectivity index (χ0v) is 15.2. The zero-order valence-electron chi connectivity index (χ0n) is 13.6. The Labute approximate surface area is 147 Å². The van der Waals surface area contributed by atoms with Crippen molar-refractivity contribution in [2.24, 2.45) is 7.05 Å². The van der Waals surface area contributed by atoms with Gasteiger partial charge in [0.1, 0.15) is 0 Å². The van der Waals surface area contributed by atoms with Gasteiger partial charge in [-0.25, -0.2) is 0 Å². The number of aromatic nitrogens is 3. The van der Waals surface area contributed by atoms with Crippen molar-refractivity contribution in [3.05, 3.63) is 34.1 Å². The van der Waals surface area contributed by atoms with Crippen molar-refractivity contribution in [2.45, 2.75) is 38.8 Å². The molecule has 0 amide bonds. The van der Waals surface area contributed by atoms with Crippen LogP contribution in [0, 0.1) is 4.77 Å². The fourth-order valence-electron chi connectivity index (χ4n) is 3.24. The Balaban J connectivity index is 1.85. The number of hydrogen-bond donors (Lipinski definition) is 1. The minimum atomic E-state index is 0.710. The van der Waals surface area contributed by atoms with E-state index in [0.717, 1.165) is 22.8 Å². The Morgan fingerprint density at radius 3 is 2.48 bits per heavy atom. The van der Waals surface area contributed by atoms with Crippen LogP contribution in [0.3, 0.4) is 0 Å². The van der Waals surface area contributed by atoms with Gasteiger partial charge >= 0.3 is 0 Å². The first-order valence-corrected chi connectivity index (χ1v) is 9.18. The Bertz CT molecular complexity index is 714. The summed E-state index contributed by atoms with van der Waals surface area (Å²) in [6.07, 6.45) is 6.68. The summed E-state index contributed by atoms with van der Waals surface area (Å²) in [4.78, 5) is 1.57. The maximum absolute atomic E-state index is 6.32. The molecule has 2 aromatic rings. The highest BCUT2D eigenvalue weighted by atomic mass is 35.5. The Hall–Kier alpha value is -1.17. The second kappa shape index (κ2) is 7.60. The second-order valence-corrected chi connectivity index (χ2v) is 7.09. The molecule has 0 aliphatic carbocycles. The fraction of sp³-hybridized carbons (Fsp3) is 0.529. The molecule has 1 aliphatic rings. The largest absolute Gasteiger partial charge is 0.316 e. The van der Waals surface area contributed by atoms with Gasteiger partial charge < -0.3 is 9.47 Å². The van der Waals surface area contributed by atoms with Gasteiger partial charge in [0.05, 0.1) is 18.1 Å². The number of likely N-dealkylation sites (tertiary alicyclic amines) is 1. The van der Waals surface area contributed by atoms with Crippen LogP contribution in [0.15, 0.2) is 24.3 Å². The van der Waals surface area contributed by atoms with Gasteiger partial charge in [-0.1, -0.05) is 30.2 Å². The molecule has 6 heteroatoms. The topological polar surface area (TPSA) is 27.2 Å². The summed E-state index contributed by atoms with van der Waals surface area (Å²) in [5.74, 6) is 0.840. The van der Waals surface area contributed by atoms with E-state index in [0.29, 0.717) is 5.02 Å². The van der Waals surface area contributed by atoms with E-state index in [1.54, 1.807) is 4.90 Å². The fourth-order valence-corrected chi connectivity index (χ4v) is 3.66. The molecule has 0 spiro atoms. The zero-order chi connectivity index (χ0) is 16.2. The van der Waals surface area contributed by atoms with Gasteiger partial charge in [-0.3, -0.25) is 0 Å². The SMILES string of the molecule is Cn1c(-c2ccccc2Cl)nn(C[NH+]2CCCCCCC2)c1=S. The van der Waals surface area contributed by atoms with E-state index in [1.165, 1.54) is 45.2 Å². The van der Waals surface area contributed by atoms with Crippen LogP contribution >= 0.6 is 23.8 Å². The van der Waals surface area contributed by atoms with Gasteiger partial charge in [0.15, 0.2) is 12.5 Å². The van der Waals surface area contributed by atoms with Gasteiger partial charge in [-0.05, 0) is 50.0 Å². The van der Waals surface area contributed by atoms with E-state index >= 15 is 0 Å². The maximum atomic E-state index is 6.32. The molecule has 23 heavy (non-hydrogen) atoms. The molecule has 1 aromatic heterocycles. The summed E-state index contributed by atoms with van der Waals surface area (Å²) >= 11 is 11.9. The lowest BCUT2D eigenvalue weighted by Gasteiger charge is -2.21. The highest BCUT2D eigenvalue weighted by Gasteiger charge is 2.17. The summed E-state index contributed by atoms with van der Waals surface area (Å²) in [7, 11) is 1.97. The first-order chi connectivity index (χ1) is 11.2. The minimum Gasteiger partial charge on any atom is -0.316 e. The van der Waals surface area contributed by atoms with Gasteiger partial charge in [-0.15, -0.1) is 5.10 Å². The molecular weight excluding hydrogens is 328 g/mol. The van der Waals surface area contributed by atoms with E-state index in [9.17, 15) is 0 Å². The summed E-state index contributed by atoms with van der Waals surface area (Å²) in [6.45, 7) is 3.26. The van der Waals surface area contributed by atoms with Crippen molar-refractivity contribution in [2.75, 3.05) is 13.1 Å². The van der Waals surface area contributed by atoms with Crippen molar-refractivity contribution in [3.8, 4) is 11.4 Å². The molecule has 0 radical (unpaired) electrons. The molecule has 1 saturated heterocycles. The van der Waals surface area contributed by atoms with Crippen LogP contribution in [0.4, 0.5) is 0 Å². The molecule has 0 saturated carbocycles. The Kier molecular flexibility index (Phi) is 5.51. The van der Waals surface area contributed by atoms with Crippen molar-refractivity contribution in [3.63, 3.8) is 0 Å². The maximum Gasteiger partial charge on any atom is 0.202 e. The van der Waals surface area contributed by atoms with Crippen LogP contribution in [0.5, 0.6) is 0 Å². The average Bonchev–Trinajstić information content (AvgIpc) is 2.79.